The highest BCUT2D eigenvalue weighted by Gasteiger charge is 2.22. The first-order chi connectivity index (χ1) is 7.79. The fourth-order valence-corrected chi connectivity index (χ4v) is 2.16. The van der Waals surface area contributed by atoms with Gasteiger partial charge in [-0.2, -0.15) is 0 Å². The van der Waals surface area contributed by atoms with Crippen molar-refractivity contribution in [1.82, 2.24) is 9.88 Å². The lowest BCUT2D eigenvalue weighted by molar-refractivity contribution is 0.237. The molecule has 0 saturated carbocycles. The van der Waals surface area contributed by atoms with E-state index in [4.69, 9.17) is 10.2 Å². The van der Waals surface area contributed by atoms with Crippen LogP contribution in [-0.2, 0) is 6.42 Å². The zero-order chi connectivity index (χ0) is 11.4. The van der Waals surface area contributed by atoms with Crippen LogP contribution in [0.25, 0.3) is 0 Å². The molecule has 1 aliphatic heterocycles. The topological polar surface area (TPSA) is 55.3 Å². The molecule has 0 spiro atoms. The van der Waals surface area contributed by atoms with Crippen molar-refractivity contribution < 1.29 is 4.42 Å². The van der Waals surface area contributed by atoms with Crippen LogP contribution in [0.2, 0.25) is 0 Å². The summed E-state index contributed by atoms with van der Waals surface area (Å²) < 4.78 is 5.57. The molecule has 4 heteroatoms. The van der Waals surface area contributed by atoms with Crippen molar-refractivity contribution in [3.8, 4) is 0 Å². The van der Waals surface area contributed by atoms with Crippen molar-refractivity contribution in [2.45, 2.75) is 31.6 Å². The van der Waals surface area contributed by atoms with Gasteiger partial charge in [-0.3, -0.25) is 0 Å². The maximum absolute atomic E-state index is 5.57. The number of rotatable bonds is 4. The summed E-state index contributed by atoms with van der Waals surface area (Å²) in [5.41, 5.74) is 6.53. The Balaban J connectivity index is 1.91. The van der Waals surface area contributed by atoms with Gasteiger partial charge in [-0.05, 0) is 52.4 Å². The second-order valence-electron chi connectivity index (χ2n) is 4.65. The number of piperidine rings is 1. The van der Waals surface area contributed by atoms with Gasteiger partial charge in [0.1, 0.15) is 6.26 Å². The molecule has 0 bridgehead atoms. The van der Waals surface area contributed by atoms with Gasteiger partial charge >= 0.3 is 0 Å². The summed E-state index contributed by atoms with van der Waals surface area (Å²) in [6.45, 7) is 3.01. The molecule has 1 aliphatic rings. The fraction of sp³-hybridized carbons (Fsp3) is 0.750. The van der Waals surface area contributed by atoms with E-state index in [-0.39, 0.29) is 0 Å². The molecule has 2 N–H and O–H groups in total. The van der Waals surface area contributed by atoms with E-state index in [2.05, 4.69) is 16.9 Å². The molecule has 4 nitrogen and oxygen atoms in total. The molecule has 2 heterocycles. The van der Waals surface area contributed by atoms with Gasteiger partial charge in [-0.25, -0.2) is 4.98 Å². The number of aromatic nitrogens is 1. The maximum Gasteiger partial charge on any atom is 0.197 e. The summed E-state index contributed by atoms with van der Waals surface area (Å²) in [6, 6.07) is 0. The average molecular weight is 223 g/mol. The Morgan fingerprint density at radius 1 is 1.50 bits per heavy atom. The predicted molar refractivity (Wildman–Crippen MR) is 63.4 cm³/mol. The molecule has 0 aliphatic carbocycles. The van der Waals surface area contributed by atoms with Crippen molar-refractivity contribution in [2.24, 2.45) is 5.73 Å². The van der Waals surface area contributed by atoms with Crippen LogP contribution in [0.1, 0.15) is 36.8 Å². The van der Waals surface area contributed by atoms with Crippen molar-refractivity contribution in [2.75, 3.05) is 26.7 Å². The first kappa shape index (κ1) is 11.6. The Morgan fingerprint density at radius 3 is 2.94 bits per heavy atom. The van der Waals surface area contributed by atoms with Crippen molar-refractivity contribution in [3.63, 3.8) is 0 Å². The van der Waals surface area contributed by atoms with Gasteiger partial charge in [0.05, 0.1) is 5.69 Å². The smallest absolute Gasteiger partial charge is 0.197 e. The van der Waals surface area contributed by atoms with E-state index >= 15 is 0 Å². The molecule has 1 aromatic rings. The SMILES string of the molecule is CN1CCC(c2nc(CCCN)co2)CC1. The van der Waals surface area contributed by atoms with Gasteiger partial charge in [0.2, 0.25) is 0 Å². The molecule has 0 atom stereocenters. The van der Waals surface area contributed by atoms with Crippen LogP contribution < -0.4 is 5.73 Å². The highest BCUT2D eigenvalue weighted by atomic mass is 16.3. The number of nitrogens with two attached hydrogens (primary N) is 1. The van der Waals surface area contributed by atoms with Gasteiger partial charge in [0.25, 0.3) is 0 Å². The lowest BCUT2D eigenvalue weighted by atomic mass is 9.97. The van der Waals surface area contributed by atoms with Gasteiger partial charge in [0, 0.05) is 5.92 Å². The molecule has 0 amide bonds. The second kappa shape index (κ2) is 5.46. The lowest BCUT2D eigenvalue weighted by Gasteiger charge is -2.26. The standard InChI is InChI=1S/C12H21N3O/c1-15-7-4-10(5-8-15)12-14-11(9-16-12)3-2-6-13/h9-10H,2-8,13H2,1H3. The van der Waals surface area contributed by atoms with E-state index in [0.29, 0.717) is 5.92 Å². The van der Waals surface area contributed by atoms with Crippen LogP contribution in [0.4, 0.5) is 0 Å². The molecule has 90 valence electrons. The zero-order valence-electron chi connectivity index (χ0n) is 9.98. The normalized spacial score (nSPS) is 19.1. The molecular formula is C12H21N3O. The fourth-order valence-electron chi connectivity index (χ4n) is 2.16. The van der Waals surface area contributed by atoms with E-state index in [9.17, 15) is 0 Å². The Morgan fingerprint density at radius 2 is 2.25 bits per heavy atom. The Kier molecular flexibility index (Phi) is 3.96. The number of hydrogen-bond donors (Lipinski definition) is 1. The first-order valence-electron chi connectivity index (χ1n) is 6.12. The number of hydrogen-bond acceptors (Lipinski definition) is 4. The third-order valence-corrected chi connectivity index (χ3v) is 3.27. The van der Waals surface area contributed by atoms with Crippen LogP contribution in [0, 0.1) is 0 Å². The van der Waals surface area contributed by atoms with Crippen LogP contribution in [0.15, 0.2) is 10.7 Å². The zero-order valence-corrected chi connectivity index (χ0v) is 9.98. The average Bonchev–Trinajstić information content (AvgIpc) is 2.76. The summed E-state index contributed by atoms with van der Waals surface area (Å²) >= 11 is 0. The summed E-state index contributed by atoms with van der Waals surface area (Å²) in [5, 5.41) is 0. The van der Waals surface area contributed by atoms with Crippen LogP contribution >= 0.6 is 0 Å². The summed E-state index contributed by atoms with van der Waals surface area (Å²) in [6.07, 6.45) is 6.04. The summed E-state index contributed by atoms with van der Waals surface area (Å²) in [4.78, 5) is 6.91. The van der Waals surface area contributed by atoms with Crippen LogP contribution in [0.5, 0.6) is 0 Å². The number of aryl methyl sites for hydroxylation is 1. The van der Waals surface area contributed by atoms with E-state index in [1.54, 1.807) is 6.26 Å². The molecule has 2 rings (SSSR count). The summed E-state index contributed by atoms with van der Waals surface area (Å²) in [7, 11) is 2.17. The largest absolute Gasteiger partial charge is 0.448 e. The van der Waals surface area contributed by atoms with E-state index in [1.165, 1.54) is 0 Å². The van der Waals surface area contributed by atoms with Gasteiger partial charge in [-0.1, -0.05) is 0 Å². The quantitative estimate of drug-likeness (QED) is 0.837. The van der Waals surface area contributed by atoms with Crippen molar-refractivity contribution in [3.05, 3.63) is 17.8 Å². The predicted octanol–water partition coefficient (Wildman–Crippen LogP) is 1.38. The van der Waals surface area contributed by atoms with E-state index < -0.39 is 0 Å². The monoisotopic (exact) mass is 223 g/mol. The third-order valence-electron chi connectivity index (χ3n) is 3.27. The van der Waals surface area contributed by atoms with Gasteiger partial charge < -0.3 is 15.1 Å². The number of nitrogens with zero attached hydrogens (tertiary/aromatic N) is 2. The molecular weight excluding hydrogens is 202 g/mol. The van der Waals surface area contributed by atoms with Gasteiger partial charge in [0.15, 0.2) is 5.89 Å². The van der Waals surface area contributed by atoms with Crippen molar-refractivity contribution >= 4 is 0 Å². The van der Waals surface area contributed by atoms with Gasteiger partial charge in [-0.15, -0.1) is 0 Å². The highest BCUT2D eigenvalue weighted by Crippen LogP contribution is 2.26. The molecule has 1 aromatic heterocycles. The third kappa shape index (κ3) is 2.83. The van der Waals surface area contributed by atoms with Crippen molar-refractivity contribution in [1.29, 1.82) is 0 Å². The maximum atomic E-state index is 5.57. The molecule has 0 radical (unpaired) electrons. The van der Waals surface area contributed by atoms with Crippen LogP contribution in [-0.4, -0.2) is 36.6 Å². The number of oxazole rings is 1. The minimum Gasteiger partial charge on any atom is -0.448 e. The Labute approximate surface area is 96.8 Å². The molecule has 0 aromatic carbocycles. The summed E-state index contributed by atoms with van der Waals surface area (Å²) in [5.74, 6) is 1.45. The minimum absolute atomic E-state index is 0.517. The number of likely N-dealkylation sites (tertiary alicyclic amines) is 1. The first-order valence-corrected chi connectivity index (χ1v) is 6.12. The molecule has 1 saturated heterocycles. The molecule has 16 heavy (non-hydrogen) atoms. The van der Waals surface area contributed by atoms with Crippen LogP contribution in [0.3, 0.4) is 0 Å². The lowest BCUT2D eigenvalue weighted by Crippen LogP contribution is -2.29. The second-order valence-corrected chi connectivity index (χ2v) is 4.65. The van der Waals surface area contributed by atoms with E-state index in [0.717, 1.165) is 56.9 Å². The van der Waals surface area contributed by atoms with E-state index in [1.807, 2.05) is 0 Å². The highest BCUT2D eigenvalue weighted by molar-refractivity contribution is 5.02. The molecule has 0 unspecified atom stereocenters. The Hall–Kier alpha value is -0.870. The Bertz CT molecular complexity index is 316. The minimum atomic E-state index is 0.517. The molecule has 1 fully saturated rings.